The SMILES string of the molecule is CN1CC2(CCN(C(=O)[C@@H]3CC(=O)N(Cc4ccccn4)C3)CC2)OC1=O. The number of carbonyl (C=O) groups is 3. The first kappa shape index (κ1) is 17.8. The van der Waals surface area contributed by atoms with Crippen LogP contribution < -0.4 is 0 Å². The predicted molar refractivity (Wildman–Crippen MR) is 95.4 cm³/mol. The van der Waals surface area contributed by atoms with E-state index in [1.807, 2.05) is 23.1 Å². The molecule has 1 aromatic rings. The van der Waals surface area contributed by atoms with E-state index in [9.17, 15) is 14.4 Å². The van der Waals surface area contributed by atoms with Crippen molar-refractivity contribution < 1.29 is 19.1 Å². The van der Waals surface area contributed by atoms with E-state index in [4.69, 9.17) is 4.74 Å². The highest BCUT2D eigenvalue weighted by atomic mass is 16.6. The van der Waals surface area contributed by atoms with E-state index in [-0.39, 0.29) is 30.2 Å². The number of pyridine rings is 1. The maximum absolute atomic E-state index is 12.9. The summed E-state index contributed by atoms with van der Waals surface area (Å²) in [5.74, 6) is -0.276. The molecule has 1 aromatic heterocycles. The molecule has 3 aliphatic rings. The average Bonchev–Trinajstić information content (AvgIpc) is 3.15. The molecule has 3 fully saturated rings. The van der Waals surface area contributed by atoms with Gasteiger partial charge in [-0.1, -0.05) is 6.07 Å². The summed E-state index contributed by atoms with van der Waals surface area (Å²) in [6.45, 7) is 2.58. The number of likely N-dealkylation sites (N-methyl/N-ethyl adjacent to an activating group) is 1. The van der Waals surface area contributed by atoms with Crippen LogP contribution in [0.15, 0.2) is 24.4 Å². The van der Waals surface area contributed by atoms with Gasteiger partial charge in [0.15, 0.2) is 0 Å². The van der Waals surface area contributed by atoms with Gasteiger partial charge in [-0.25, -0.2) is 4.79 Å². The molecular formula is C19H24N4O4. The summed E-state index contributed by atoms with van der Waals surface area (Å²) in [6.07, 6.45) is 2.96. The summed E-state index contributed by atoms with van der Waals surface area (Å²) in [7, 11) is 1.73. The van der Waals surface area contributed by atoms with Crippen LogP contribution in [-0.4, -0.2) is 76.4 Å². The number of ether oxygens (including phenoxy) is 1. The Kier molecular flexibility index (Phi) is 4.49. The lowest BCUT2D eigenvalue weighted by Crippen LogP contribution is -2.50. The van der Waals surface area contributed by atoms with Gasteiger partial charge < -0.3 is 19.4 Å². The van der Waals surface area contributed by atoms with Crippen LogP contribution in [0.2, 0.25) is 0 Å². The minimum atomic E-state index is -0.459. The first-order chi connectivity index (χ1) is 13.0. The van der Waals surface area contributed by atoms with Crippen molar-refractivity contribution in [1.82, 2.24) is 19.7 Å². The minimum absolute atomic E-state index is 0.00108. The van der Waals surface area contributed by atoms with Gasteiger partial charge in [0.25, 0.3) is 0 Å². The van der Waals surface area contributed by atoms with Gasteiger partial charge in [0.05, 0.1) is 24.7 Å². The Balaban J connectivity index is 1.33. The van der Waals surface area contributed by atoms with Gasteiger partial charge in [0.2, 0.25) is 11.8 Å². The molecule has 4 rings (SSSR count). The Labute approximate surface area is 158 Å². The lowest BCUT2D eigenvalue weighted by atomic mass is 9.90. The monoisotopic (exact) mass is 372 g/mol. The average molecular weight is 372 g/mol. The van der Waals surface area contributed by atoms with E-state index in [0.717, 1.165) is 5.69 Å². The van der Waals surface area contributed by atoms with Gasteiger partial charge in [-0.2, -0.15) is 0 Å². The van der Waals surface area contributed by atoms with Gasteiger partial charge in [0, 0.05) is 52.1 Å². The number of rotatable bonds is 3. The summed E-state index contributed by atoms with van der Waals surface area (Å²) in [5.41, 5.74) is 0.366. The van der Waals surface area contributed by atoms with Gasteiger partial charge >= 0.3 is 6.09 Å². The van der Waals surface area contributed by atoms with Crippen LogP contribution in [0.3, 0.4) is 0 Å². The van der Waals surface area contributed by atoms with Crippen LogP contribution in [0, 0.1) is 5.92 Å². The number of aromatic nitrogens is 1. The standard InChI is InChI=1S/C19H24N4O4/c1-21-13-19(27-18(21)26)5-8-22(9-6-19)17(25)14-10-16(24)23(11-14)12-15-4-2-3-7-20-15/h2-4,7,14H,5-6,8-13H2,1H3/t14-/m1/s1. The second-order valence-corrected chi connectivity index (χ2v) is 7.73. The van der Waals surface area contributed by atoms with E-state index >= 15 is 0 Å². The van der Waals surface area contributed by atoms with Crippen molar-refractivity contribution in [2.24, 2.45) is 5.92 Å². The van der Waals surface area contributed by atoms with Gasteiger partial charge in [0.1, 0.15) is 5.60 Å². The van der Waals surface area contributed by atoms with Crippen molar-refractivity contribution in [3.63, 3.8) is 0 Å². The molecule has 0 saturated carbocycles. The molecule has 144 valence electrons. The Morgan fingerprint density at radius 2 is 2.07 bits per heavy atom. The zero-order chi connectivity index (χ0) is 19.0. The molecule has 0 radical (unpaired) electrons. The van der Waals surface area contributed by atoms with Crippen LogP contribution in [0.1, 0.15) is 25.0 Å². The highest BCUT2D eigenvalue weighted by Gasteiger charge is 2.47. The minimum Gasteiger partial charge on any atom is -0.441 e. The number of piperidine rings is 1. The van der Waals surface area contributed by atoms with Crippen molar-refractivity contribution in [2.75, 3.05) is 33.2 Å². The lowest BCUT2D eigenvalue weighted by molar-refractivity contribution is -0.139. The van der Waals surface area contributed by atoms with Gasteiger partial charge in [-0.3, -0.25) is 14.6 Å². The van der Waals surface area contributed by atoms with E-state index in [1.54, 1.807) is 23.0 Å². The summed E-state index contributed by atoms with van der Waals surface area (Å²) in [4.78, 5) is 46.2. The molecule has 3 aliphatic heterocycles. The maximum Gasteiger partial charge on any atom is 0.410 e. The molecule has 0 bridgehead atoms. The lowest BCUT2D eigenvalue weighted by Gasteiger charge is -2.38. The molecule has 3 amide bonds. The van der Waals surface area contributed by atoms with Crippen LogP contribution in [0.5, 0.6) is 0 Å². The second kappa shape index (κ2) is 6.83. The van der Waals surface area contributed by atoms with Gasteiger partial charge in [-0.15, -0.1) is 0 Å². The number of amides is 3. The molecule has 3 saturated heterocycles. The Bertz CT molecular complexity index is 745. The topological polar surface area (TPSA) is 83.1 Å². The Hall–Kier alpha value is -2.64. The smallest absolute Gasteiger partial charge is 0.410 e. The predicted octanol–water partition coefficient (Wildman–Crippen LogP) is 0.873. The number of nitrogens with zero attached hydrogens (tertiary/aromatic N) is 4. The number of hydrogen-bond donors (Lipinski definition) is 0. The first-order valence-electron chi connectivity index (χ1n) is 9.36. The van der Waals surface area contributed by atoms with Gasteiger partial charge in [-0.05, 0) is 12.1 Å². The molecule has 8 nitrogen and oxygen atoms in total. The molecule has 8 heteroatoms. The Morgan fingerprint density at radius 1 is 1.30 bits per heavy atom. The van der Waals surface area contributed by atoms with Crippen LogP contribution in [-0.2, 0) is 20.9 Å². The summed E-state index contributed by atoms with van der Waals surface area (Å²) in [5, 5.41) is 0. The second-order valence-electron chi connectivity index (χ2n) is 7.73. The zero-order valence-corrected chi connectivity index (χ0v) is 15.5. The molecular weight excluding hydrogens is 348 g/mol. The van der Waals surface area contributed by atoms with E-state index in [0.29, 0.717) is 45.6 Å². The van der Waals surface area contributed by atoms with Crippen molar-refractivity contribution >= 4 is 17.9 Å². The third-order valence-electron chi connectivity index (χ3n) is 5.77. The van der Waals surface area contributed by atoms with Crippen LogP contribution in [0.4, 0.5) is 4.79 Å². The van der Waals surface area contributed by atoms with Crippen molar-refractivity contribution in [2.45, 2.75) is 31.4 Å². The third-order valence-corrected chi connectivity index (χ3v) is 5.77. The largest absolute Gasteiger partial charge is 0.441 e. The molecule has 0 unspecified atom stereocenters. The maximum atomic E-state index is 12.9. The molecule has 1 atom stereocenters. The number of likely N-dealkylation sites (tertiary alicyclic amines) is 2. The normalized spacial score (nSPS) is 24.6. The van der Waals surface area contributed by atoms with Crippen LogP contribution >= 0.6 is 0 Å². The third kappa shape index (κ3) is 3.48. The molecule has 4 heterocycles. The molecule has 0 N–H and O–H groups in total. The van der Waals surface area contributed by atoms with Crippen molar-refractivity contribution in [3.05, 3.63) is 30.1 Å². The summed E-state index contributed by atoms with van der Waals surface area (Å²) >= 11 is 0. The fourth-order valence-corrected chi connectivity index (χ4v) is 4.22. The van der Waals surface area contributed by atoms with E-state index < -0.39 is 5.60 Å². The molecule has 27 heavy (non-hydrogen) atoms. The summed E-state index contributed by atoms with van der Waals surface area (Å²) in [6, 6.07) is 5.61. The fourth-order valence-electron chi connectivity index (χ4n) is 4.22. The number of hydrogen-bond acceptors (Lipinski definition) is 5. The highest BCUT2D eigenvalue weighted by Crippen LogP contribution is 2.33. The first-order valence-corrected chi connectivity index (χ1v) is 9.36. The highest BCUT2D eigenvalue weighted by molar-refractivity contribution is 5.89. The molecule has 0 aliphatic carbocycles. The van der Waals surface area contributed by atoms with E-state index in [2.05, 4.69) is 4.98 Å². The fraction of sp³-hybridized carbons (Fsp3) is 0.579. The Morgan fingerprint density at radius 3 is 2.70 bits per heavy atom. The molecule has 1 spiro atoms. The van der Waals surface area contributed by atoms with E-state index in [1.165, 1.54) is 0 Å². The zero-order valence-electron chi connectivity index (χ0n) is 15.5. The van der Waals surface area contributed by atoms with Crippen molar-refractivity contribution in [3.8, 4) is 0 Å². The van der Waals surface area contributed by atoms with Crippen LogP contribution in [0.25, 0.3) is 0 Å². The summed E-state index contributed by atoms with van der Waals surface area (Å²) < 4.78 is 5.54. The quantitative estimate of drug-likeness (QED) is 0.786. The number of carbonyl (C=O) groups excluding carboxylic acids is 3. The molecule has 0 aromatic carbocycles. The van der Waals surface area contributed by atoms with Crippen molar-refractivity contribution in [1.29, 1.82) is 0 Å².